The predicted molar refractivity (Wildman–Crippen MR) is 81.5 cm³/mol. The van der Waals surface area contributed by atoms with Crippen molar-refractivity contribution in [1.29, 1.82) is 0 Å². The quantitative estimate of drug-likeness (QED) is 0.463. The number of benzene rings is 1. The Kier molecular flexibility index (Phi) is 4.93. The second-order valence-electron chi connectivity index (χ2n) is 4.11. The SMILES string of the molecule is C=C/C=C\C(=NCC)c1nnc(-c2ccc(C=O)cc2)o1. The van der Waals surface area contributed by atoms with Gasteiger partial charge in [-0.2, -0.15) is 0 Å². The van der Waals surface area contributed by atoms with E-state index in [4.69, 9.17) is 4.42 Å². The molecule has 0 aliphatic heterocycles. The van der Waals surface area contributed by atoms with E-state index in [9.17, 15) is 4.79 Å². The van der Waals surface area contributed by atoms with Crippen LogP contribution < -0.4 is 0 Å². The molecule has 0 amide bonds. The van der Waals surface area contributed by atoms with Gasteiger partial charge in [-0.05, 0) is 25.1 Å². The minimum atomic E-state index is 0.351. The van der Waals surface area contributed by atoms with Crippen LogP contribution in [0.25, 0.3) is 11.5 Å². The molecule has 0 fully saturated rings. The van der Waals surface area contributed by atoms with E-state index in [0.717, 1.165) is 11.8 Å². The Labute approximate surface area is 122 Å². The number of rotatable bonds is 6. The largest absolute Gasteiger partial charge is 0.415 e. The van der Waals surface area contributed by atoms with Gasteiger partial charge in [0, 0.05) is 17.7 Å². The highest BCUT2D eigenvalue weighted by molar-refractivity contribution is 6.05. The van der Waals surface area contributed by atoms with Crippen LogP contribution >= 0.6 is 0 Å². The van der Waals surface area contributed by atoms with Gasteiger partial charge in [0.15, 0.2) is 0 Å². The monoisotopic (exact) mass is 281 g/mol. The standard InChI is InChI=1S/C16H15N3O2/c1-3-5-6-14(17-4-2)16-19-18-15(21-16)13-9-7-12(11-20)8-10-13/h3,5-11H,1,4H2,2H3/b6-5-,17-14?. The van der Waals surface area contributed by atoms with E-state index in [1.807, 2.05) is 6.92 Å². The van der Waals surface area contributed by atoms with Crippen molar-refractivity contribution in [1.82, 2.24) is 10.2 Å². The number of carbonyl (C=O) groups excluding carboxylic acids is 1. The Balaban J connectivity index is 2.30. The Morgan fingerprint density at radius 3 is 2.71 bits per heavy atom. The molecule has 2 rings (SSSR count). The maximum Gasteiger partial charge on any atom is 0.266 e. The van der Waals surface area contributed by atoms with Crippen LogP contribution in [0.15, 0.2) is 58.5 Å². The van der Waals surface area contributed by atoms with Crippen LogP contribution in [0.4, 0.5) is 0 Å². The van der Waals surface area contributed by atoms with E-state index in [2.05, 4.69) is 21.8 Å². The van der Waals surface area contributed by atoms with Crippen LogP contribution in [-0.4, -0.2) is 28.7 Å². The van der Waals surface area contributed by atoms with E-state index in [0.29, 0.717) is 29.6 Å². The average Bonchev–Trinajstić information content (AvgIpc) is 3.01. The molecule has 0 aliphatic carbocycles. The minimum Gasteiger partial charge on any atom is -0.415 e. The summed E-state index contributed by atoms with van der Waals surface area (Å²) in [5.74, 6) is 0.739. The molecule has 1 aromatic carbocycles. The average molecular weight is 281 g/mol. The Hall–Kier alpha value is -2.82. The van der Waals surface area contributed by atoms with Gasteiger partial charge >= 0.3 is 0 Å². The van der Waals surface area contributed by atoms with Crippen molar-refractivity contribution in [3.8, 4) is 11.5 Å². The fourth-order valence-electron chi connectivity index (χ4n) is 1.67. The third-order valence-electron chi connectivity index (χ3n) is 2.66. The summed E-state index contributed by atoms with van der Waals surface area (Å²) in [5, 5.41) is 8.01. The second-order valence-corrected chi connectivity index (χ2v) is 4.11. The fourth-order valence-corrected chi connectivity index (χ4v) is 1.67. The molecular weight excluding hydrogens is 266 g/mol. The highest BCUT2D eigenvalue weighted by atomic mass is 16.4. The first kappa shape index (κ1) is 14.6. The minimum absolute atomic E-state index is 0.351. The highest BCUT2D eigenvalue weighted by Gasteiger charge is 2.11. The van der Waals surface area contributed by atoms with Crippen molar-refractivity contribution in [3.63, 3.8) is 0 Å². The molecular formula is C16H15N3O2. The molecule has 0 bridgehead atoms. The van der Waals surface area contributed by atoms with Gasteiger partial charge in [-0.25, -0.2) is 0 Å². The molecule has 2 aromatic rings. The summed E-state index contributed by atoms with van der Waals surface area (Å²) in [5.41, 5.74) is 1.96. The third kappa shape index (κ3) is 3.60. The summed E-state index contributed by atoms with van der Waals surface area (Å²) in [6, 6.07) is 6.92. The van der Waals surface area contributed by atoms with Crippen molar-refractivity contribution in [3.05, 3.63) is 60.5 Å². The van der Waals surface area contributed by atoms with Gasteiger partial charge in [-0.15, -0.1) is 10.2 Å². The molecule has 5 heteroatoms. The van der Waals surface area contributed by atoms with E-state index in [1.54, 1.807) is 42.5 Å². The predicted octanol–water partition coefficient (Wildman–Crippen LogP) is 3.10. The molecule has 106 valence electrons. The van der Waals surface area contributed by atoms with Crippen molar-refractivity contribution in [2.75, 3.05) is 6.54 Å². The van der Waals surface area contributed by atoms with Crippen molar-refractivity contribution in [2.45, 2.75) is 6.92 Å². The van der Waals surface area contributed by atoms with Crippen molar-refractivity contribution in [2.24, 2.45) is 4.99 Å². The first-order valence-corrected chi connectivity index (χ1v) is 6.51. The summed E-state index contributed by atoms with van der Waals surface area (Å²) >= 11 is 0. The normalized spacial score (nSPS) is 11.8. The van der Waals surface area contributed by atoms with Crippen LogP contribution in [0.3, 0.4) is 0 Å². The zero-order valence-corrected chi connectivity index (χ0v) is 11.7. The topological polar surface area (TPSA) is 68.3 Å². The number of aromatic nitrogens is 2. The van der Waals surface area contributed by atoms with Gasteiger partial charge < -0.3 is 4.42 Å². The van der Waals surface area contributed by atoms with Crippen molar-refractivity contribution < 1.29 is 9.21 Å². The molecule has 0 spiro atoms. The number of hydrogen-bond acceptors (Lipinski definition) is 5. The van der Waals surface area contributed by atoms with E-state index >= 15 is 0 Å². The molecule has 1 heterocycles. The second kappa shape index (κ2) is 7.09. The van der Waals surface area contributed by atoms with Crippen LogP contribution in [0.2, 0.25) is 0 Å². The summed E-state index contributed by atoms with van der Waals surface area (Å²) in [6.07, 6.45) is 5.97. The van der Waals surface area contributed by atoms with Crippen LogP contribution in [-0.2, 0) is 0 Å². The lowest BCUT2D eigenvalue weighted by Crippen LogP contribution is -1.98. The van der Waals surface area contributed by atoms with Crippen LogP contribution in [0.5, 0.6) is 0 Å². The molecule has 0 unspecified atom stereocenters. The molecule has 0 atom stereocenters. The maximum atomic E-state index is 10.6. The van der Waals surface area contributed by atoms with E-state index in [1.165, 1.54) is 0 Å². The van der Waals surface area contributed by atoms with Crippen molar-refractivity contribution >= 4 is 12.0 Å². The Morgan fingerprint density at radius 2 is 2.10 bits per heavy atom. The first-order chi connectivity index (χ1) is 10.3. The van der Waals surface area contributed by atoms with Gasteiger partial charge in [0.05, 0.1) is 0 Å². The lowest BCUT2D eigenvalue weighted by Gasteiger charge is -1.96. The fraction of sp³-hybridized carbons (Fsp3) is 0.125. The lowest BCUT2D eigenvalue weighted by molar-refractivity contribution is 0.112. The van der Waals surface area contributed by atoms with Crippen LogP contribution in [0.1, 0.15) is 23.2 Å². The number of carbonyl (C=O) groups is 1. The smallest absolute Gasteiger partial charge is 0.266 e. The first-order valence-electron chi connectivity index (χ1n) is 6.51. The zero-order valence-electron chi connectivity index (χ0n) is 11.7. The zero-order chi connectivity index (χ0) is 15.1. The number of aliphatic imine (C=N–C) groups is 1. The third-order valence-corrected chi connectivity index (χ3v) is 2.66. The summed E-state index contributed by atoms with van der Waals surface area (Å²) in [7, 11) is 0. The molecule has 0 saturated carbocycles. The van der Waals surface area contributed by atoms with Gasteiger partial charge in [-0.3, -0.25) is 9.79 Å². The molecule has 0 N–H and O–H groups in total. The highest BCUT2D eigenvalue weighted by Crippen LogP contribution is 2.18. The molecule has 0 aliphatic rings. The maximum absolute atomic E-state index is 10.6. The Morgan fingerprint density at radius 1 is 1.33 bits per heavy atom. The number of hydrogen-bond donors (Lipinski definition) is 0. The van der Waals surface area contributed by atoms with Gasteiger partial charge in [0.1, 0.15) is 12.0 Å². The number of allylic oxidation sites excluding steroid dienone is 3. The summed E-state index contributed by atoms with van der Waals surface area (Å²) in [4.78, 5) is 14.9. The lowest BCUT2D eigenvalue weighted by atomic mass is 10.1. The molecule has 21 heavy (non-hydrogen) atoms. The molecule has 5 nitrogen and oxygen atoms in total. The van der Waals surface area contributed by atoms with Gasteiger partial charge in [0.25, 0.3) is 5.89 Å². The van der Waals surface area contributed by atoms with Gasteiger partial charge in [0.2, 0.25) is 5.89 Å². The Bertz CT molecular complexity index is 682. The summed E-state index contributed by atoms with van der Waals surface area (Å²) < 4.78 is 5.63. The number of nitrogens with zero attached hydrogens (tertiary/aromatic N) is 3. The molecule has 1 aromatic heterocycles. The van der Waals surface area contributed by atoms with E-state index in [-0.39, 0.29) is 0 Å². The summed E-state index contributed by atoms with van der Waals surface area (Å²) in [6.45, 7) is 6.16. The van der Waals surface area contributed by atoms with E-state index < -0.39 is 0 Å². The van der Waals surface area contributed by atoms with Gasteiger partial charge in [-0.1, -0.05) is 30.9 Å². The molecule has 0 radical (unpaired) electrons. The molecule has 0 saturated heterocycles. The van der Waals surface area contributed by atoms with Crippen LogP contribution in [0, 0.1) is 0 Å². The number of aldehydes is 1.